The molecule has 65 valence electrons. The van der Waals surface area contributed by atoms with E-state index in [-0.39, 0.29) is 5.25 Å². The van der Waals surface area contributed by atoms with Crippen LogP contribution in [0.5, 0.6) is 0 Å². The Labute approximate surface area is 68.4 Å². The maximum absolute atomic E-state index is 11.4. The van der Waals surface area contributed by atoms with Gasteiger partial charge in [-0.05, 0) is 26.7 Å². The van der Waals surface area contributed by atoms with Crippen molar-refractivity contribution in [2.24, 2.45) is 0 Å². The van der Waals surface area contributed by atoms with Gasteiger partial charge in [-0.25, -0.2) is 8.42 Å². The molecule has 0 N–H and O–H groups in total. The molecule has 0 amide bonds. The van der Waals surface area contributed by atoms with Crippen molar-refractivity contribution in [1.29, 1.82) is 0 Å². The van der Waals surface area contributed by atoms with Gasteiger partial charge in [0.2, 0.25) is 10.0 Å². The molecular formula is C7H14NO2S. The van der Waals surface area contributed by atoms with E-state index in [1.54, 1.807) is 20.4 Å². The average Bonchev–Trinajstić information content (AvgIpc) is 2.37. The van der Waals surface area contributed by atoms with Crippen LogP contribution in [-0.4, -0.2) is 24.5 Å². The van der Waals surface area contributed by atoms with Gasteiger partial charge in [-0.15, -0.1) is 0 Å². The van der Waals surface area contributed by atoms with Gasteiger partial charge < -0.3 is 0 Å². The second-order valence-electron chi connectivity index (χ2n) is 3.03. The zero-order valence-corrected chi connectivity index (χ0v) is 7.76. The van der Waals surface area contributed by atoms with E-state index in [0.29, 0.717) is 6.54 Å². The Kier molecular flexibility index (Phi) is 2.54. The predicted octanol–water partition coefficient (Wildman–Crippen LogP) is 0.982. The Bertz CT molecular complexity index is 215. The van der Waals surface area contributed by atoms with Crippen molar-refractivity contribution in [2.45, 2.75) is 31.9 Å². The van der Waals surface area contributed by atoms with Crippen LogP contribution < -0.4 is 0 Å². The van der Waals surface area contributed by atoms with Crippen molar-refractivity contribution < 1.29 is 8.42 Å². The molecule has 1 saturated heterocycles. The van der Waals surface area contributed by atoms with Gasteiger partial charge in [-0.1, -0.05) is 0 Å². The third-order valence-corrected chi connectivity index (χ3v) is 4.01. The SMILES string of the molecule is CC(C)S(=O)(=O)N1[CH]CCC1. The second kappa shape index (κ2) is 3.11. The summed E-state index contributed by atoms with van der Waals surface area (Å²) in [5.41, 5.74) is 0. The quantitative estimate of drug-likeness (QED) is 0.629. The summed E-state index contributed by atoms with van der Waals surface area (Å²) in [5, 5.41) is -0.295. The number of nitrogens with zero attached hydrogens (tertiary/aromatic N) is 1. The van der Waals surface area contributed by atoms with Gasteiger partial charge in [-0.2, -0.15) is 4.31 Å². The van der Waals surface area contributed by atoms with Crippen LogP contribution in [0.3, 0.4) is 0 Å². The summed E-state index contributed by atoms with van der Waals surface area (Å²) in [6.07, 6.45) is 1.86. The van der Waals surface area contributed by atoms with Crippen LogP contribution in [-0.2, 0) is 10.0 Å². The maximum atomic E-state index is 11.4. The molecule has 0 atom stereocenters. The van der Waals surface area contributed by atoms with Gasteiger partial charge in [0.25, 0.3) is 0 Å². The van der Waals surface area contributed by atoms with Crippen molar-refractivity contribution in [3.63, 3.8) is 0 Å². The molecule has 11 heavy (non-hydrogen) atoms. The summed E-state index contributed by atoms with van der Waals surface area (Å²) in [5.74, 6) is 0. The van der Waals surface area contributed by atoms with Gasteiger partial charge in [0.15, 0.2) is 0 Å². The lowest BCUT2D eigenvalue weighted by molar-refractivity contribution is 0.499. The van der Waals surface area contributed by atoms with E-state index in [0.717, 1.165) is 12.8 Å². The molecule has 0 aliphatic carbocycles. The monoisotopic (exact) mass is 176 g/mol. The van der Waals surface area contributed by atoms with E-state index >= 15 is 0 Å². The van der Waals surface area contributed by atoms with E-state index in [9.17, 15) is 8.42 Å². The first-order chi connectivity index (χ1) is 5.05. The first-order valence-corrected chi connectivity index (χ1v) is 5.39. The van der Waals surface area contributed by atoms with E-state index in [1.807, 2.05) is 0 Å². The molecule has 4 heteroatoms. The van der Waals surface area contributed by atoms with E-state index in [2.05, 4.69) is 0 Å². The first kappa shape index (κ1) is 9.00. The summed E-state index contributed by atoms with van der Waals surface area (Å²) in [4.78, 5) is 0. The number of hydrogen-bond donors (Lipinski definition) is 0. The molecule has 0 aromatic heterocycles. The Morgan fingerprint density at radius 1 is 1.45 bits per heavy atom. The van der Waals surface area contributed by atoms with Gasteiger partial charge in [0.05, 0.1) is 5.25 Å². The summed E-state index contributed by atoms with van der Waals surface area (Å²) in [6, 6.07) is 0. The summed E-state index contributed by atoms with van der Waals surface area (Å²) >= 11 is 0. The summed E-state index contributed by atoms with van der Waals surface area (Å²) < 4.78 is 24.3. The Hall–Kier alpha value is -0.0900. The zero-order valence-electron chi connectivity index (χ0n) is 6.95. The Morgan fingerprint density at radius 3 is 2.45 bits per heavy atom. The molecule has 0 aromatic carbocycles. The molecule has 0 bridgehead atoms. The third-order valence-electron chi connectivity index (χ3n) is 1.84. The van der Waals surface area contributed by atoms with Crippen molar-refractivity contribution in [3.8, 4) is 0 Å². The lowest BCUT2D eigenvalue weighted by Gasteiger charge is -2.17. The molecule has 1 rings (SSSR count). The molecule has 0 aromatic rings. The highest BCUT2D eigenvalue weighted by molar-refractivity contribution is 7.89. The normalized spacial score (nSPS) is 21.4. The lowest BCUT2D eigenvalue weighted by Crippen LogP contribution is -2.31. The minimum absolute atomic E-state index is 0.295. The van der Waals surface area contributed by atoms with Crippen LogP contribution in [0.1, 0.15) is 26.7 Å². The minimum atomic E-state index is -3.00. The van der Waals surface area contributed by atoms with E-state index < -0.39 is 10.0 Å². The second-order valence-corrected chi connectivity index (χ2v) is 5.47. The van der Waals surface area contributed by atoms with Crippen molar-refractivity contribution in [3.05, 3.63) is 6.54 Å². The Morgan fingerprint density at radius 2 is 2.09 bits per heavy atom. The van der Waals surface area contributed by atoms with Crippen LogP contribution in [0, 0.1) is 6.54 Å². The summed E-state index contributed by atoms with van der Waals surface area (Å²) in [6.45, 7) is 5.86. The number of rotatable bonds is 2. The molecule has 0 spiro atoms. The summed E-state index contributed by atoms with van der Waals surface area (Å²) in [7, 11) is -3.00. The zero-order chi connectivity index (χ0) is 8.48. The molecule has 1 aliphatic rings. The predicted molar refractivity (Wildman–Crippen MR) is 44.3 cm³/mol. The average molecular weight is 176 g/mol. The van der Waals surface area contributed by atoms with Crippen LogP contribution in [0.4, 0.5) is 0 Å². The van der Waals surface area contributed by atoms with E-state index in [4.69, 9.17) is 0 Å². The molecule has 0 saturated carbocycles. The molecule has 3 nitrogen and oxygen atoms in total. The van der Waals surface area contributed by atoms with Crippen molar-refractivity contribution in [2.75, 3.05) is 6.54 Å². The minimum Gasteiger partial charge on any atom is -0.212 e. The smallest absolute Gasteiger partial charge is 0.212 e. The van der Waals surface area contributed by atoms with Gasteiger partial charge in [-0.3, -0.25) is 0 Å². The van der Waals surface area contributed by atoms with Crippen molar-refractivity contribution in [1.82, 2.24) is 4.31 Å². The third kappa shape index (κ3) is 1.73. The first-order valence-electron chi connectivity index (χ1n) is 3.89. The van der Waals surface area contributed by atoms with Crippen LogP contribution >= 0.6 is 0 Å². The van der Waals surface area contributed by atoms with Gasteiger partial charge in [0, 0.05) is 13.1 Å². The largest absolute Gasteiger partial charge is 0.216 e. The molecule has 1 radical (unpaired) electrons. The lowest BCUT2D eigenvalue weighted by atomic mass is 10.4. The standard InChI is InChI=1S/C7H14NO2S/c1-7(2)11(9,10)8-5-3-4-6-8/h5,7H,3-4,6H2,1-2H3. The number of hydrogen-bond acceptors (Lipinski definition) is 2. The highest BCUT2D eigenvalue weighted by Gasteiger charge is 2.27. The molecular weight excluding hydrogens is 162 g/mol. The fourth-order valence-corrected chi connectivity index (χ4v) is 2.31. The maximum Gasteiger partial charge on any atom is 0.216 e. The van der Waals surface area contributed by atoms with Gasteiger partial charge in [0.1, 0.15) is 0 Å². The fourth-order valence-electron chi connectivity index (χ4n) is 1.08. The Balaban J connectivity index is 2.72. The highest BCUT2D eigenvalue weighted by Crippen LogP contribution is 2.19. The molecule has 1 heterocycles. The van der Waals surface area contributed by atoms with E-state index in [1.165, 1.54) is 4.31 Å². The van der Waals surface area contributed by atoms with Crippen LogP contribution in [0.15, 0.2) is 0 Å². The highest BCUT2D eigenvalue weighted by atomic mass is 32.2. The fraction of sp³-hybridized carbons (Fsp3) is 0.857. The van der Waals surface area contributed by atoms with Gasteiger partial charge >= 0.3 is 0 Å². The topological polar surface area (TPSA) is 37.4 Å². The van der Waals surface area contributed by atoms with Crippen molar-refractivity contribution >= 4 is 10.0 Å². The van der Waals surface area contributed by atoms with Crippen LogP contribution in [0.25, 0.3) is 0 Å². The number of sulfonamides is 1. The molecule has 1 aliphatic heterocycles. The molecule has 1 fully saturated rings. The van der Waals surface area contributed by atoms with Crippen LogP contribution in [0.2, 0.25) is 0 Å². The molecule has 0 unspecified atom stereocenters.